The zero-order valence-corrected chi connectivity index (χ0v) is 11.4. The van der Waals surface area contributed by atoms with Gasteiger partial charge in [-0.1, -0.05) is 30.3 Å². The van der Waals surface area contributed by atoms with Crippen LogP contribution in [0, 0.1) is 5.92 Å². The molecule has 0 aliphatic heterocycles. The number of carbonyl (C=O) groups is 2. The smallest absolute Gasteiger partial charge is 0.323 e. The van der Waals surface area contributed by atoms with Crippen molar-refractivity contribution in [3.05, 3.63) is 35.9 Å². The van der Waals surface area contributed by atoms with Gasteiger partial charge in [-0.2, -0.15) is 0 Å². The fourth-order valence-electron chi connectivity index (χ4n) is 2.20. The number of hydrogen-bond acceptors (Lipinski definition) is 3. The lowest BCUT2D eigenvalue weighted by Gasteiger charge is -2.24. The van der Waals surface area contributed by atoms with E-state index in [-0.39, 0.29) is 12.5 Å². The van der Waals surface area contributed by atoms with Gasteiger partial charge in [-0.3, -0.25) is 9.59 Å². The van der Waals surface area contributed by atoms with E-state index < -0.39 is 12.0 Å². The Kier molecular flexibility index (Phi) is 4.74. The molecule has 108 valence electrons. The summed E-state index contributed by atoms with van der Waals surface area (Å²) in [4.78, 5) is 24.5. The number of rotatable bonds is 7. The predicted molar refractivity (Wildman–Crippen MR) is 75.1 cm³/mol. The van der Waals surface area contributed by atoms with Gasteiger partial charge in [0.2, 0.25) is 5.91 Å². The van der Waals surface area contributed by atoms with Crippen LogP contribution in [0.3, 0.4) is 0 Å². The Labute approximate surface area is 118 Å². The first kappa shape index (κ1) is 14.5. The van der Waals surface area contributed by atoms with Crippen molar-refractivity contribution in [1.29, 1.82) is 0 Å². The van der Waals surface area contributed by atoms with Crippen molar-refractivity contribution in [3.63, 3.8) is 0 Å². The summed E-state index contributed by atoms with van der Waals surface area (Å²) in [5, 5.41) is 8.90. The SMILES string of the molecule is N[C@@H](Cc1ccccc1)C(=O)N(CC(=O)O)CC1CC1. The predicted octanol–water partition coefficient (Wildman–Crippen LogP) is 0.880. The van der Waals surface area contributed by atoms with Crippen LogP contribution in [0.25, 0.3) is 0 Å². The van der Waals surface area contributed by atoms with Crippen molar-refractivity contribution >= 4 is 11.9 Å². The van der Waals surface area contributed by atoms with Gasteiger partial charge in [-0.05, 0) is 30.7 Å². The van der Waals surface area contributed by atoms with E-state index in [0.717, 1.165) is 18.4 Å². The maximum atomic E-state index is 12.3. The summed E-state index contributed by atoms with van der Waals surface area (Å²) in [7, 11) is 0. The Morgan fingerprint density at radius 3 is 2.50 bits per heavy atom. The maximum absolute atomic E-state index is 12.3. The van der Waals surface area contributed by atoms with E-state index in [4.69, 9.17) is 10.8 Å². The van der Waals surface area contributed by atoms with Crippen molar-refractivity contribution < 1.29 is 14.7 Å². The van der Waals surface area contributed by atoms with Gasteiger partial charge < -0.3 is 15.7 Å². The molecule has 1 aliphatic carbocycles. The number of carbonyl (C=O) groups excluding carboxylic acids is 1. The first-order valence-corrected chi connectivity index (χ1v) is 6.86. The van der Waals surface area contributed by atoms with Crippen LogP contribution in [0.15, 0.2) is 30.3 Å². The van der Waals surface area contributed by atoms with Gasteiger partial charge >= 0.3 is 5.97 Å². The molecule has 0 heterocycles. The summed E-state index contributed by atoms with van der Waals surface area (Å²) < 4.78 is 0. The molecule has 1 amide bonds. The second-order valence-electron chi connectivity index (χ2n) is 5.35. The topological polar surface area (TPSA) is 83.6 Å². The number of nitrogens with zero attached hydrogens (tertiary/aromatic N) is 1. The number of benzene rings is 1. The lowest BCUT2D eigenvalue weighted by atomic mass is 10.1. The molecule has 1 aromatic carbocycles. The molecule has 0 saturated heterocycles. The first-order valence-electron chi connectivity index (χ1n) is 6.86. The van der Waals surface area contributed by atoms with Crippen molar-refractivity contribution in [1.82, 2.24) is 4.90 Å². The number of nitrogens with two attached hydrogens (primary N) is 1. The van der Waals surface area contributed by atoms with Gasteiger partial charge in [0.05, 0.1) is 6.04 Å². The lowest BCUT2D eigenvalue weighted by Crippen LogP contribution is -2.47. The quantitative estimate of drug-likeness (QED) is 0.774. The molecule has 0 spiro atoms. The molecule has 1 atom stereocenters. The molecule has 2 rings (SSSR count). The molecule has 0 radical (unpaired) electrons. The van der Waals surface area contributed by atoms with Gasteiger partial charge in [0, 0.05) is 6.54 Å². The minimum atomic E-state index is -0.995. The van der Waals surface area contributed by atoms with E-state index in [2.05, 4.69) is 0 Å². The van der Waals surface area contributed by atoms with Crippen LogP contribution in [0.1, 0.15) is 18.4 Å². The number of hydrogen-bond donors (Lipinski definition) is 2. The Bertz CT molecular complexity index is 471. The second kappa shape index (κ2) is 6.52. The first-order chi connectivity index (χ1) is 9.56. The molecule has 1 fully saturated rings. The van der Waals surface area contributed by atoms with Gasteiger partial charge in [0.25, 0.3) is 0 Å². The van der Waals surface area contributed by atoms with Gasteiger partial charge in [0.15, 0.2) is 0 Å². The van der Waals surface area contributed by atoms with Crippen LogP contribution in [-0.2, 0) is 16.0 Å². The standard InChI is InChI=1S/C15H20N2O3/c16-13(8-11-4-2-1-3-5-11)15(20)17(10-14(18)19)9-12-6-7-12/h1-5,12-13H,6-10,16H2,(H,18,19)/t13-/m0/s1. The molecule has 1 aliphatic rings. The Hall–Kier alpha value is -1.88. The molecule has 20 heavy (non-hydrogen) atoms. The minimum Gasteiger partial charge on any atom is -0.480 e. The highest BCUT2D eigenvalue weighted by molar-refractivity contribution is 5.85. The number of amides is 1. The van der Waals surface area contributed by atoms with Crippen LogP contribution in [-0.4, -0.2) is 41.0 Å². The van der Waals surface area contributed by atoms with E-state index >= 15 is 0 Å². The van der Waals surface area contributed by atoms with E-state index in [1.54, 1.807) is 0 Å². The molecule has 3 N–H and O–H groups in total. The second-order valence-corrected chi connectivity index (χ2v) is 5.35. The van der Waals surface area contributed by atoms with Crippen LogP contribution in [0.5, 0.6) is 0 Å². The fourth-order valence-corrected chi connectivity index (χ4v) is 2.20. The minimum absolute atomic E-state index is 0.266. The largest absolute Gasteiger partial charge is 0.480 e. The van der Waals surface area contributed by atoms with Gasteiger partial charge in [-0.25, -0.2) is 0 Å². The molecule has 0 unspecified atom stereocenters. The highest BCUT2D eigenvalue weighted by atomic mass is 16.4. The summed E-state index contributed by atoms with van der Waals surface area (Å²) in [6, 6.07) is 8.83. The molecule has 0 aromatic heterocycles. The van der Waals surface area contributed by atoms with Crippen molar-refractivity contribution in [2.45, 2.75) is 25.3 Å². The van der Waals surface area contributed by atoms with E-state index in [9.17, 15) is 9.59 Å². The molecule has 5 heteroatoms. The lowest BCUT2D eigenvalue weighted by molar-refractivity contribution is -0.145. The average Bonchev–Trinajstić information content (AvgIpc) is 3.21. The Morgan fingerprint density at radius 2 is 1.95 bits per heavy atom. The fraction of sp³-hybridized carbons (Fsp3) is 0.467. The highest BCUT2D eigenvalue weighted by Crippen LogP contribution is 2.29. The third kappa shape index (κ3) is 4.35. The molecule has 0 bridgehead atoms. The van der Waals surface area contributed by atoms with E-state index in [0.29, 0.717) is 18.9 Å². The van der Waals surface area contributed by atoms with Crippen molar-refractivity contribution in [3.8, 4) is 0 Å². The van der Waals surface area contributed by atoms with E-state index in [1.807, 2.05) is 30.3 Å². The summed E-state index contributed by atoms with van der Waals surface area (Å²) in [5.74, 6) is -0.823. The summed E-state index contributed by atoms with van der Waals surface area (Å²) in [6.45, 7) is 0.242. The zero-order chi connectivity index (χ0) is 14.5. The van der Waals surface area contributed by atoms with E-state index in [1.165, 1.54) is 4.90 Å². The number of carboxylic acid groups (broad SMARTS) is 1. The van der Waals surface area contributed by atoms with Gasteiger partial charge in [-0.15, -0.1) is 0 Å². The average molecular weight is 276 g/mol. The summed E-state index contributed by atoms with van der Waals surface area (Å²) >= 11 is 0. The van der Waals surface area contributed by atoms with Crippen LogP contribution < -0.4 is 5.73 Å². The zero-order valence-electron chi connectivity index (χ0n) is 11.4. The normalized spacial score (nSPS) is 15.7. The monoisotopic (exact) mass is 276 g/mol. The molecule has 1 aromatic rings. The third-order valence-corrected chi connectivity index (χ3v) is 3.43. The molecular formula is C15H20N2O3. The molecule has 1 saturated carbocycles. The van der Waals surface area contributed by atoms with Crippen LogP contribution in [0.4, 0.5) is 0 Å². The van der Waals surface area contributed by atoms with Crippen molar-refractivity contribution in [2.24, 2.45) is 11.7 Å². The van der Waals surface area contributed by atoms with Crippen molar-refractivity contribution in [2.75, 3.05) is 13.1 Å². The summed E-state index contributed by atoms with van der Waals surface area (Å²) in [5.41, 5.74) is 6.92. The number of carboxylic acids is 1. The Morgan fingerprint density at radius 1 is 1.30 bits per heavy atom. The number of aliphatic carboxylic acids is 1. The maximum Gasteiger partial charge on any atom is 0.323 e. The van der Waals surface area contributed by atoms with Crippen LogP contribution >= 0.6 is 0 Å². The highest BCUT2D eigenvalue weighted by Gasteiger charge is 2.30. The third-order valence-electron chi connectivity index (χ3n) is 3.43. The summed E-state index contributed by atoms with van der Waals surface area (Å²) in [6.07, 6.45) is 2.56. The van der Waals surface area contributed by atoms with Crippen LogP contribution in [0.2, 0.25) is 0 Å². The molecule has 5 nitrogen and oxygen atoms in total. The van der Waals surface area contributed by atoms with Gasteiger partial charge in [0.1, 0.15) is 6.54 Å². The molecular weight excluding hydrogens is 256 g/mol. The Balaban J connectivity index is 1.96.